The van der Waals surface area contributed by atoms with E-state index in [2.05, 4.69) is 17.0 Å². The van der Waals surface area contributed by atoms with Gasteiger partial charge in [0.05, 0.1) is 18.7 Å². The lowest BCUT2D eigenvalue weighted by Gasteiger charge is -2.18. The van der Waals surface area contributed by atoms with Gasteiger partial charge in [0.15, 0.2) is 6.29 Å². The normalized spacial score (nSPS) is 46.6. The number of hydrogen-bond acceptors (Lipinski definition) is 3. The third-order valence-corrected chi connectivity index (χ3v) is 3.93. The molecule has 1 aromatic rings. The van der Waals surface area contributed by atoms with Gasteiger partial charge in [-0.1, -0.05) is 30.3 Å². The summed E-state index contributed by atoms with van der Waals surface area (Å²) in [7, 11) is 0. The summed E-state index contributed by atoms with van der Waals surface area (Å²) < 4.78 is 25.0. The summed E-state index contributed by atoms with van der Waals surface area (Å²) in [5, 5.41) is 0. The number of benzene rings is 1. The molecule has 0 spiro atoms. The minimum Gasteiger partial charge on any atom is -0.348 e. The molecule has 3 aliphatic rings. The summed E-state index contributed by atoms with van der Waals surface area (Å²) in [6.45, 7) is 1.20. The van der Waals surface area contributed by atoms with Gasteiger partial charge in [0.1, 0.15) is 12.3 Å². The van der Waals surface area contributed by atoms with Crippen LogP contribution in [-0.2, 0) is 16.0 Å². The van der Waals surface area contributed by atoms with E-state index in [9.17, 15) is 4.39 Å². The van der Waals surface area contributed by atoms with Crippen molar-refractivity contribution in [2.75, 3.05) is 6.61 Å². The third-order valence-electron chi connectivity index (χ3n) is 3.93. The van der Waals surface area contributed by atoms with E-state index >= 15 is 0 Å². The van der Waals surface area contributed by atoms with Gasteiger partial charge in [0.2, 0.25) is 0 Å². The first-order valence-electron chi connectivity index (χ1n) is 6.05. The maximum absolute atomic E-state index is 14.0. The van der Waals surface area contributed by atoms with Crippen LogP contribution in [0.2, 0.25) is 0 Å². The number of fused-ring (bicyclic) bond motifs is 4. The molecular formula is C13H14FNO2. The predicted octanol–water partition coefficient (Wildman–Crippen LogP) is 1.33. The zero-order valence-electron chi connectivity index (χ0n) is 9.33. The average molecular weight is 235 g/mol. The van der Waals surface area contributed by atoms with E-state index in [1.807, 2.05) is 18.2 Å². The molecule has 2 bridgehead atoms. The van der Waals surface area contributed by atoms with Crippen LogP contribution in [0.5, 0.6) is 0 Å². The molecule has 0 radical (unpaired) electrons. The molecule has 1 aromatic carbocycles. The molecule has 0 amide bonds. The van der Waals surface area contributed by atoms with Gasteiger partial charge in [0.25, 0.3) is 0 Å². The zero-order valence-corrected chi connectivity index (χ0v) is 9.33. The summed E-state index contributed by atoms with van der Waals surface area (Å²) >= 11 is 0. The Bertz CT molecular complexity index is 423. The summed E-state index contributed by atoms with van der Waals surface area (Å²) in [6.07, 6.45) is -1.45. The van der Waals surface area contributed by atoms with Crippen molar-refractivity contribution >= 4 is 0 Å². The molecule has 3 aliphatic heterocycles. The second-order valence-electron chi connectivity index (χ2n) is 4.96. The molecule has 0 N–H and O–H groups in total. The quantitative estimate of drug-likeness (QED) is 0.722. The largest absolute Gasteiger partial charge is 0.348 e. The highest BCUT2D eigenvalue weighted by atomic mass is 19.1. The van der Waals surface area contributed by atoms with Crippen LogP contribution in [-0.4, -0.2) is 42.2 Å². The Morgan fingerprint density at radius 1 is 1.24 bits per heavy atom. The van der Waals surface area contributed by atoms with Gasteiger partial charge in [-0.3, -0.25) is 4.90 Å². The number of hydrogen-bond donors (Lipinski definition) is 0. The molecule has 3 nitrogen and oxygen atoms in total. The summed E-state index contributed by atoms with van der Waals surface area (Å²) in [4.78, 5) is 2.14. The van der Waals surface area contributed by atoms with Crippen molar-refractivity contribution < 1.29 is 13.9 Å². The van der Waals surface area contributed by atoms with Gasteiger partial charge in [-0.2, -0.15) is 0 Å². The van der Waals surface area contributed by atoms with Crippen LogP contribution in [0.15, 0.2) is 30.3 Å². The molecule has 1 unspecified atom stereocenters. The highest BCUT2D eigenvalue weighted by molar-refractivity contribution is 5.20. The van der Waals surface area contributed by atoms with Crippen molar-refractivity contribution in [1.82, 2.24) is 4.90 Å². The minimum absolute atomic E-state index is 0.00135. The Morgan fingerprint density at radius 2 is 2.06 bits per heavy atom. The smallest absolute Gasteiger partial charge is 0.175 e. The average Bonchev–Trinajstić information content (AvgIpc) is 2.90. The lowest BCUT2D eigenvalue weighted by Crippen LogP contribution is -2.36. The van der Waals surface area contributed by atoms with Crippen LogP contribution >= 0.6 is 0 Å². The Labute approximate surface area is 99.1 Å². The molecule has 3 saturated heterocycles. The molecular weight excluding hydrogens is 221 g/mol. The Kier molecular flexibility index (Phi) is 2.06. The Hall–Kier alpha value is -0.970. The highest BCUT2D eigenvalue weighted by Gasteiger charge is 2.65. The van der Waals surface area contributed by atoms with Gasteiger partial charge in [0, 0.05) is 6.54 Å². The second-order valence-corrected chi connectivity index (χ2v) is 4.96. The highest BCUT2D eigenvalue weighted by Crippen LogP contribution is 2.46. The van der Waals surface area contributed by atoms with Crippen molar-refractivity contribution in [1.29, 1.82) is 0 Å². The maximum Gasteiger partial charge on any atom is 0.175 e. The molecule has 6 atom stereocenters. The summed E-state index contributed by atoms with van der Waals surface area (Å²) in [5.74, 6) is 0. The predicted molar refractivity (Wildman–Crippen MR) is 59.1 cm³/mol. The first-order chi connectivity index (χ1) is 8.34. The van der Waals surface area contributed by atoms with Crippen LogP contribution < -0.4 is 0 Å². The summed E-state index contributed by atoms with van der Waals surface area (Å²) in [5.41, 5.74) is 1.21. The van der Waals surface area contributed by atoms with Crippen LogP contribution in [0.1, 0.15) is 5.56 Å². The third kappa shape index (κ3) is 1.44. The van der Waals surface area contributed by atoms with Crippen molar-refractivity contribution in [2.24, 2.45) is 0 Å². The van der Waals surface area contributed by atoms with Gasteiger partial charge in [-0.25, -0.2) is 4.39 Å². The standard InChI is InChI=1S/C13H14FNO2/c14-10-9-7-16-13(17-9)12-11(10)15(12)6-8-4-2-1-3-5-8/h1-5,9-13H,6-7H2/t9-,10-,11+,12+,13-,15?/m1/s1. The first-order valence-corrected chi connectivity index (χ1v) is 6.05. The van der Waals surface area contributed by atoms with Gasteiger partial charge >= 0.3 is 0 Å². The number of nitrogens with zero attached hydrogens (tertiary/aromatic N) is 1. The van der Waals surface area contributed by atoms with E-state index in [0.29, 0.717) is 6.61 Å². The van der Waals surface area contributed by atoms with E-state index in [1.165, 1.54) is 5.56 Å². The lowest BCUT2D eigenvalue weighted by molar-refractivity contribution is -0.0893. The number of alkyl halides is 1. The van der Waals surface area contributed by atoms with E-state index < -0.39 is 6.17 Å². The van der Waals surface area contributed by atoms with Crippen LogP contribution in [0.25, 0.3) is 0 Å². The SMILES string of the molecule is F[C@H]1[C@H]2[C@@H]([C@@H]3OC[C@H]1O3)N2Cc1ccccc1. The number of halogens is 1. The van der Waals surface area contributed by atoms with Crippen LogP contribution in [0, 0.1) is 0 Å². The zero-order chi connectivity index (χ0) is 11.4. The Morgan fingerprint density at radius 3 is 2.88 bits per heavy atom. The fourth-order valence-electron chi connectivity index (χ4n) is 3.02. The Balaban J connectivity index is 1.52. The molecule has 90 valence electrons. The van der Waals surface area contributed by atoms with Crippen LogP contribution in [0.3, 0.4) is 0 Å². The molecule has 4 rings (SSSR count). The van der Waals surface area contributed by atoms with Crippen molar-refractivity contribution in [3.05, 3.63) is 35.9 Å². The number of rotatable bonds is 2. The first kappa shape index (κ1) is 10.00. The molecule has 0 aromatic heterocycles. The van der Waals surface area contributed by atoms with Crippen molar-refractivity contribution in [2.45, 2.75) is 37.2 Å². The molecule has 3 heterocycles. The molecule has 3 fully saturated rings. The van der Waals surface area contributed by atoms with Crippen molar-refractivity contribution in [3.63, 3.8) is 0 Å². The molecule has 0 aliphatic carbocycles. The van der Waals surface area contributed by atoms with Crippen molar-refractivity contribution in [3.8, 4) is 0 Å². The second kappa shape index (κ2) is 3.51. The minimum atomic E-state index is -0.900. The van der Waals surface area contributed by atoms with E-state index in [0.717, 1.165) is 6.54 Å². The molecule has 4 heteroatoms. The fourth-order valence-corrected chi connectivity index (χ4v) is 3.02. The number of ether oxygens (including phenoxy) is 2. The fraction of sp³-hybridized carbons (Fsp3) is 0.538. The maximum atomic E-state index is 14.0. The van der Waals surface area contributed by atoms with Gasteiger partial charge in [-0.05, 0) is 5.56 Å². The lowest BCUT2D eigenvalue weighted by atomic mass is 10.1. The van der Waals surface area contributed by atoms with Gasteiger partial charge < -0.3 is 9.47 Å². The van der Waals surface area contributed by atoms with E-state index in [1.54, 1.807) is 0 Å². The van der Waals surface area contributed by atoms with Gasteiger partial charge in [-0.15, -0.1) is 0 Å². The molecule has 0 saturated carbocycles. The van der Waals surface area contributed by atoms with E-state index in [4.69, 9.17) is 9.47 Å². The van der Waals surface area contributed by atoms with E-state index in [-0.39, 0.29) is 24.5 Å². The molecule has 17 heavy (non-hydrogen) atoms. The topological polar surface area (TPSA) is 21.5 Å². The monoisotopic (exact) mass is 235 g/mol. The summed E-state index contributed by atoms with van der Waals surface area (Å²) in [6, 6.07) is 10.3. The van der Waals surface area contributed by atoms with Crippen LogP contribution in [0.4, 0.5) is 4.39 Å².